The van der Waals surface area contributed by atoms with E-state index < -0.39 is 0 Å². The molecule has 0 bridgehead atoms. The first kappa shape index (κ1) is 11.4. The highest BCUT2D eigenvalue weighted by atomic mass is 79.9. The van der Waals surface area contributed by atoms with Gasteiger partial charge < -0.3 is 9.47 Å². The summed E-state index contributed by atoms with van der Waals surface area (Å²) in [6.45, 7) is 7.24. The standard InChI is InChI=1S/C11H15BrO2/c1-4-13-10-7-8(3)6-9(12)11(10)14-5-2/h6-7H,4-5H2,1-3H3. The van der Waals surface area contributed by atoms with E-state index in [9.17, 15) is 0 Å². The summed E-state index contributed by atoms with van der Waals surface area (Å²) >= 11 is 3.46. The molecule has 2 nitrogen and oxygen atoms in total. The molecule has 1 rings (SSSR count). The van der Waals surface area contributed by atoms with Crippen molar-refractivity contribution in [1.82, 2.24) is 0 Å². The summed E-state index contributed by atoms with van der Waals surface area (Å²) in [7, 11) is 0. The predicted octanol–water partition coefficient (Wildman–Crippen LogP) is 3.55. The molecule has 0 aliphatic heterocycles. The maximum absolute atomic E-state index is 5.50. The molecule has 0 amide bonds. The molecule has 0 fully saturated rings. The van der Waals surface area contributed by atoms with Gasteiger partial charge in [-0.2, -0.15) is 0 Å². The van der Waals surface area contributed by atoms with E-state index in [2.05, 4.69) is 15.9 Å². The average Bonchev–Trinajstić information content (AvgIpc) is 2.11. The van der Waals surface area contributed by atoms with Gasteiger partial charge in [0.15, 0.2) is 11.5 Å². The second-order valence-electron chi connectivity index (χ2n) is 2.94. The van der Waals surface area contributed by atoms with E-state index >= 15 is 0 Å². The van der Waals surface area contributed by atoms with Gasteiger partial charge >= 0.3 is 0 Å². The van der Waals surface area contributed by atoms with Gasteiger partial charge in [0.2, 0.25) is 0 Å². The first-order valence-electron chi connectivity index (χ1n) is 4.74. The van der Waals surface area contributed by atoms with Gasteiger partial charge in [-0.25, -0.2) is 0 Å². The lowest BCUT2D eigenvalue weighted by Crippen LogP contribution is -1.99. The average molecular weight is 259 g/mol. The van der Waals surface area contributed by atoms with E-state index in [0.717, 1.165) is 21.5 Å². The van der Waals surface area contributed by atoms with Crippen LogP contribution >= 0.6 is 15.9 Å². The van der Waals surface area contributed by atoms with Crippen molar-refractivity contribution in [3.8, 4) is 11.5 Å². The summed E-state index contributed by atoms with van der Waals surface area (Å²) in [6, 6.07) is 4.01. The molecule has 1 aromatic rings. The molecule has 0 spiro atoms. The highest BCUT2D eigenvalue weighted by Crippen LogP contribution is 2.36. The summed E-state index contributed by atoms with van der Waals surface area (Å²) in [5.41, 5.74) is 1.16. The minimum atomic E-state index is 0.641. The molecule has 0 N–H and O–H groups in total. The summed E-state index contributed by atoms with van der Waals surface area (Å²) in [6.07, 6.45) is 0. The van der Waals surface area contributed by atoms with Gasteiger partial charge in [-0.15, -0.1) is 0 Å². The van der Waals surface area contributed by atoms with E-state index in [1.165, 1.54) is 0 Å². The normalized spacial score (nSPS) is 10.0. The predicted molar refractivity (Wildman–Crippen MR) is 61.2 cm³/mol. The Morgan fingerprint density at radius 2 is 1.79 bits per heavy atom. The highest BCUT2D eigenvalue weighted by molar-refractivity contribution is 9.10. The molecule has 0 saturated carbocycles. The van der Waals surface area contributed by atoms with Crippen LogP contribution in [-0.2, 0) is 0 Å². The van der Waals surface area contributed by atoms with Crippen LogP contribution in [0.4, 0.5) is 0 Å². The Bertz CT molecular complexity index is 310. The minimum absolute atomic E-state index is 0.641. The van der Waals surface area contributed by atoms with E-state index in [4.69, 9.17) is 9.47 Å². The van der Waals surface area contributed by atoms with Gasteiger partial charge in [-0.05, 0) is 54.4 Å². The molecular weight excluding hydrogens is 244 g/mol. The number of halogens is 1. The second-order valence-corrected chi connectivity index (χ2v) is 3.79. The number of benzene rings is 1. The Morgan fingerprint density at radius 3 is 2.36 bits per heavy atom. The van der Waals surface area contributed by atoms with E-state index in [1.54, 1.807) is 0 Å². The Hall–Kier alpha value is -0.700. The first-order valence-corrected chi connectivity index (χ1v) is 5.54. The number of ether oxygens (including phenoxy) is 2. The van der Waals surface area contributed by atoms with Crippen LogP contribution in [-0.4, -0.2) is 13.2 Å². The molecule has 0 heterocycles. The number of hydrogen-bond acceptors (Lipinski definition) is 2. The quantitative estimate of drug-likeness (QED) is 0.823. The fourth-order valence-corrected chi connectivity index (χ4v) is 1.92. The lowest BCUT2D eigenvalue weighted by molar-refractivity contribution is 0.286. The van der Waals surface area contributed by atoms with Crippen LogP contribution in [0, 0.1) is 6.92 Å². The Balaban J connectivity index is 3.07. The van der Waals surface area contributed by atoms with Crippen LogP contribution in [0.1, 0.15) is 19.4 Å². The molecular formula is C11H15BrO2. The lowest BCUT2D eigenvalue weighted by Gasteiger charge is -2.13. The highest BCUT2D eigenvalue weighted by Gasteiger charge is 2.09. The van der Waals surface area contributed by atoms with Gasteiger partial charge in [0.05, 0.1) is 17.7 Å². The van der Waals surface area contributed by atoms with Crippen molar-refractivity contribution >= 4 is 15.9 Å². The maximum Gasteiger partial charge on any atom is 0.175 e. The van der Waals surface area contributed by atoms with Crippen LogP contribution < -0.4 is 9.47 Å². The second kappa shape index (κ2) is 5.25. The van der Waals surface area contributed by atoms with Crippen molar-refractivity contribution < 1.29 is 9.47 Å². The van der Waals surface area contributed by atoms with Crippen LogP contribution in [0.5, 0.6) is 11.5 Å². The fourth-order valence-electron chi connectivity index (χ4n) is 1.24. The van der Waals surface area contributed by atoms with Crippen LogP contribution in [0.2, 0.25) is 0 Å². The van der Waals surface area contributed by atoms with Crippen molar-refractivity contribution in [2.45, 2.75) is 20.8 Å². The van der Waals surface area contributed by atoms with Gasteiger partial charge in [-0.1, -0.05) is 0 Å². The molecule has 14 heavy (non-hydrogen) atoms. The van der Waals surface area contributed by atoms with Gasteiger partial charge in [0.1, 0.15) is 0 Å². The summed E-state index contributed by atoms with van der Waals surface area (Å²) in [5, 5.41) is 0. The van der Waals surface area contributed by atoms with Gasteiger partial charge in [0, 0.05) is 0 Å². The van der Waals surface area contributed by atoms with Crippen LogP contribution in [0.15, 0.2) is 16.6 Å². The Morgan fingerprint density at radius 1 is 1.14 bits per heavy atom. The molecule has 0 aromatic heterocycles. The monoisotopic (exact) mass is 258 g/mol. The van der Waals surface area contributed by atoms with Crippen LogP contribution in [0.3, 0.4) is 0 Å². The molecule has 0 atom stereocenters. The van der Waals surface area contributed by atoms with Crippen molar-refractivity contribution in [1.29, 1.82) is 0 Å². The lowest BCUT2D eigenvalue weighted by atomic mass is 10.2. The van der Waals surface area contributed by atoms with Crippen molar-refractivity contribution in [3.63, 3.8) is 0 Å². The fraction of sp³-hybridized carbons (Fsp3) is 0.455. The van der Waals surface area contributed by atoms with Crippen LogP contribution in [0.25, 0.3) is 0 Å². The third-order valence-corrected chi connectivity index (χ3v) is 2.33. The molecule has 0 aliphatic rings. The molecule has 0 unspecified atom stereocenters. The zero-order valence-electron chi connectivity index (χ0n) is 8.76. The zero-order valence-corrected chi connectivity index (χ0v) is 10.3. The number of hydrogen-bond donors (Lipinski definition) is 0. The molecule has 78 valence electrons. The minimum Gasteiger partial charge on any atom is -0.490 e. The Kier molecular flexibility index (Phi) is 4.26. The van der Waals surface area contributed by atoms with Crippen molar-refractivity contribution in [2.24, 2.45) is 0 Å². The van der Waals surface area contributed by atoms with Gasteiger partial charge in [0.25, 0.3) is 0 Å². The summed E-state index contributed by atoms with van der Waals surface area (Å²) in [5.74, 6) is 1.60. The number of aryl methyl sites for hydroxylation is 1. The van der Waals surface area contributed by atoms with Crippen molar-refractivity contribution in [2.75, 3.05) is 13.2 Å². The summed E-state index contributed by atoms with van der Waals surface area (Å²) in [4.78, 5) is 0. The topological polar surface area (TPSA) is 18.5 Å². The number of rotatable bonds is 4. The molecule has 0 aliphatic carbocycles. The smallest absolute Gasteiger partial charge is 0.175 e. The molecule has 1 aromatic carbocycles. The molecule has 0 saturated heterocycles. The van der Waals surface area contributed by atoms with E-state index in [0.29, 0.717) is 13.2 Å². The first-order chi connectivity index (χ1) is 6.69. The van der Waals surface area contributed by atoms with E-state index in [-0.39, 0.29) is 0 Å². The van der Waals surface area contributed by atoms with Crippen molar-refractivity contribution in [3.05, 3.63) is 22.2 Å². The Labute approximate surface area is 93.4 Å². The summed E-state index contributed by atoms with van der Waals surface area (Å²) < 4.78 is 11.9. The zero-order chi connectivity index (χ0) is 10.6. The van der Waals surface area contributed by atoms with Gasteiger partial charge in [-0.3, -0.25) is 0 Å². The maximum atomic E-state index is 5.50. The largest absolute Gasteiger partial charge is 0.490 e. The third kappa shape index (κ3) is 2.64. The SMILES string of the molecule is CCOc1cc(C)cc(Br)c1OCC. The van der Waals surface area contributed by atoms with E-state index in [1.807, 2.05) is 32.9 Å². The third-order valence-electron chi connectivity index (χ3n) is 1.74. The molecule has 3 heteroatoms. The molecule has 0 radical (unpaired) electrons.